The molecule has 5 rings (SSSR count). The van der Waals surface area contributed by atoms with Crippen molar-refractivity contribution in [3.05, 3.63) is 61.2 Å². The van der Waals surface area contributed by atoms with Gasteiger partial charge in [0.2, 0.25) is 0 Å². The van der Waals surface area contributed by atoms with Gasteiger partial charge < -0.3 is 10.2 Å². The number of nitrogens with zero attached hydrogens (tertiary/aromatic N) is 4. The van der Waals surface area contributed by atoms with E-state index in [2.05, 4.69) is 55.7 Å². The zero-order valence-electron chi connectivity index (χ0n) is 14.9. The fourth-order valence-electron chi connectivity index (χ4n) is 3.62. The molecule has 0 radical (unpaired) electrons. The predicted octanol–water partition coefficient (Wildman–Crippen LogP) is 3.10. The Morgan fingerprint density at radius 3 is 2.59 bits per heavy atom. The number of pyridine rings is 2. The van der Waals surface area contributed by atoms with Crippen LogP contribution < -0.4 is 10.2 Å². The Labute approximate surface area is 157 Å². The Hall–Kier alpha value is -3.25. The van der Waals surface area contributed by atoms with Crippen LogP contribution in [0.3, 0.4) is 0 Å². The number of rotatable bonds is 3. The molecule has 6 heteroatoms. The van der Waals surface area contributed by atoms with E-state index in [4.69, 9.17) is 4.98 Å². The number of nitrogens with one attached hydrogen (secondary N) is 2. The average molecular weight is 356 g/mol. The molecule has 4 heterocycles. The number of hydrogen-bond acceptors (Lipinski definition) is 5. The summed E-state index contributed by atoms with van der Waals surface area (Å²) in [6.45, 7) is 4.00. The number of hydrogen-bond donors (Lipinski definition) is 2. The third-order valence-electron chi connectivity index (χ3n) is 5.05. The van der Waals surface area contributed by atoms with Gasteiger partial charge in [0.15, 0.2) is 0 Å². The summed E-state index contributed by atoms with van der Waals surface area (Å²) in [5.41, 5.74) is 5.34. The third-order valence-corrected chi connectivity index (χ3v) is 5.05. The fourth-order valence-corrected chi connectivity index (χ4v) is 3.62. The number of piperazine rings is 1. The van der Waals surface area contributed by atoms with Crippen LogP contribution in [0.5, 0.6) is 0 Å². The van der Waals surface area contributed by atoms with E-state index in [0.717, 1.165) is 65.2 Å². The summed E-state index contributed by atoms with van der Waals surface area (Å²) in [5, 5.41) is 11.5. The molecule has 0 atom stereocenters. The van der Waals surface area contributed by atoms with E-state index in [-0.39, 0.29) is 0 Å². The first-order valence-electron chi connectivity index (χ1n) is 9.18. The molecule has 6 nitrogen and oxygen atoms in total. The van der Waals surface area contributed by atoms with E-state index in [1.165, 1.54) is 0 Å². The maximum Gasteiger partial charge on any atom is 0.128 e. The number of aromatic amines is 1. The fraction of sp³-hybridized carbons (Fsp3) is 0.190. The lowest BCUT2D eigenvalue weighted by Gasteiger charge is -2.28. The molecular formula is C21H20N6. The zero-order valence-corrected chi connectivity index (χ0v) is 14.9. The summed E-state index contributed by atoms with van der Waals surface area (Å²) in [7, 11) is 0. The van der Waals surface area contributed by atoms with Gasteiger partial charge in [-0.25, -0.2) is 4.98 Å². The minimum Gasteiger partial charge on any atom is -0.354 e. The number of anilines is 1. The molecule has 2 N–H and O–H groups in total. The van der Waals surface area contributed by atoms with Crippen molar-refractivity contribution in [3.8, 4) is 22.3 Å². The molecule has 1 aromatic carbocycles. The highest BCUT2D eigenvalue weighted by Crippen LogP contribution is 2.33. The van der Waals surface area contributed by atoms with Crippen LogP contribution in [0.25, 0.3) is 33.2 Å². The minimum atomic E-state index is 0.970. The lowest BCUT2D eigenvalue weighted by molar-refractivity contribution is 0.585. The van der Waals surface area contributed by atoms with Gasteiger partial charge in [0.1, 0.15) is 5.82 Å². The van der Waals surface area contributed by atoms with Gasteiger partial charge >= 0.3 is 0 Å². The first kappa shape index (κ1) is 16.0. The highest BCUT2D eigenvalue weighted by molar-refractivity contribution is 5.98. The third kappa shape index (κ3) is 3.04. The number of fused-ring (bicyclic) bond motifs is 1. The molecule has 0 aliphatic carbocycles. The molecule has 0 amide bonds. The van der Waals surface area contributed by atoms with Crippen molar-refractivity contribution in [2.24, 2.45) is 0 Å². The molecule has 27 heavy (non-hydrogen) atoms. The minimum absolute atomic E-state index is 0.970. The van der Waals surface area contributed by atoms with E-state index in [1.807, 2.05) is 30.9 Å². The Kier molecular flexibility index (Phi) is 4.03. The second-order valence-corrected chi connectivity index (χ2v) is 6.72. The van der Waals surface area contributed by atoms with E-state index in [1.54, 1.807) is 0 Å². The van der Waals surface area contributed by atoms with E-state index < -0.39 is 0 Å². The lowest BCUT2D eigenvalue weighted by Crippen LogP contribution is -2.43. The van der Waals surface area contributed by atoms with Gasteiger partial charge in [-0.05, 0) is 41.5 Å². The Morgan fingerprint density at radius 2 is 1.81 bits per heavy atom. The molecule has 1 aliphatic heterocycles. The van der Waals surface area contributed by atoms with Crippen molar-refractivity contribution in [3.63, 3.8) is 0 Å². The van der Waals surface area contributed by atoms with Crippen LogP contribution >= 0.6 is 0 Å². The smallest absolute Gasteiger partial charge is 0.128 e. The van der Waals surface area contributed by atoms with Crippen LogP contribution in [0.2, 0.25) is 0 Å². The molecule has 0 bridgehead atoms. The van der Waals surface area contributed by atoms with Crippen LogP contribution in [0.4, 0.5) is 5.82 Å². The van der Waals surface area contributed by atoms with Crippen LogP contribution in [0.15, 0.2) is 61.2 Å². The monoisotopic (exact) mass is 356 g/mol. The molecule has 1 fully saturated rings. The molecule has 1 saturated heterocycles. The van der Waals surface area contributed by atoms with Crippen molar-refractivity contribution in [1.29, 1.82) is 0 Å². The molecule has 3 aromatic heterocycles. The van der Waals surface area contributed by atoms with Crippen LogP contribution in [0.1, 0.15) is 0 Å². The van der Waals surface area contributed by atoms with Gasteiger partial charge in [-0.15, -0.1) is 0 Å². The van der Waals surface area contributed by atoms with Crippen LogP contribution in [-0.2, 0) is 0 Å². The largest absolute Gasteiger partial charge is 0.354 e. The van der Waals surface area contributed by atoms with E-state index in [9.17, 15) is 0 Å². The molecule has 0 spiro atoms. The topological polar surface area (TPSA) is 69.7 Å². The number of aromatic nitrogens is 4. The first-order chi connectivity index (χ1) is 13.4. The van der Waals surface area contributed by atoms with Crippen molar-refractivity contribution < 1.29 is 0 Å². The SMILES string of the molecule is c1cnc2cc(-c3cn[nH]c3)cc(-c3ccc(N4CCNCC4)nc3)c2c1. The molecule has 0 unspecified atom stereocenters. The molecule has 0 saturated carbocycles. The summed E-state index contributed by atoms with van der Waals surface area (Å²) in [4.78, 5) is 11.6. The maximum atomic E-state index is 4.74. The van der Waals surface area contributed by atoms with Gasteiger partial charge in [0.25, 0.3) is 0 Å². The molecule has 4 aromatic rings. The molecule has 134 valence electrons. The zero-order chi connectivity index (χ0) is 18.1. The highest BCUT2D eigenvalue weighted by Gasteiger charge is 2.13. The molecule has 1 aliphatic rings. The average Bonchev–Trinajstić information content (AvgIpc) is 3.29. The van der Waals surface area contributed by atoms with Crippen molar-refractivity contribution in [1.82, 2.24) is 25.5 Å². The summed E-state index contributed by atoms with van der Waals surface area (Å²) in [6, 6.07) is 12.7. The maximum absolute atomic E-state index is 4.74. The summed E-state index contributed by atoms with van der Waals surface area (Å²) < 4.78 is 0. The van der Waals surface area contributed by atoms with Gasteiger partial charge in [-0.2, -0.15) is 5.10 Å². The highest BCUT2D eigenvalue weighted by atomic mass is 15.2. The van der Waals surface area contributed by atoms with Gasteiger partial charge in [-0.3, -0.25) is 10.1 Å². The second-order valence-electron chi connectivity index (χ2n) is 6.72. The van der Waals surface area contributed by atoms with Crippen molar-refractivity contribution >= 4 is 16.7 Å². The van der Waals surface area contributed by atoms with E-state index in [0.29, 0.717) is 0 Å². The van der Waals surface area contributed by atoms with Crippen LogP contribution in [0, 0.1) is 0 Å². The van der Waals surface area contributed by atoms with E-state index >= 15 is 0 Å². The number of H-pyrrole nitrogens is 1. The second kappa shape index (κ2) is 6.81. The standard InChI is InChI=1S/C21H20N6/c1-2-18-19(10-16(11-20(18)23-5-1)17-13-25-26-14-17)15-3-4-21(24-12-15)27-8-6-22-7-9-27/h1-5,10-14,22H,6-9H2,(H,25,26). The first-order valence-corrected chi connectivity index (χ1v) is 9.18. The summed E-state index contributed by atoms with van der Waals surface area (Å²) >= 11 is 0. The lowest BCUT2D eigenvalue weighted by atomic mass is 9.97. The predicted molar refractivity (Wildman–Crippen MR) is 108 cm³/mol. The van der Waals surface area contributed by atoms with Crippen molar-refractivity contribution in [2.75, 3.05) is 31.1 Å². The Balaban J connectivity index is 1.59. The normalized spacial score (nSPS) is 14.6. The van der Waals surface area contributed by atoms with Gasteiger partial charge in [-0.1, -0.05) is 6.07 Å². The number of benzene rings is 1. The van der Waals surface area contributed by atoms with Crippen molar-refractivity contribution in [2.45, 2.75) is 0 Å². The summed E-state index contributed by atoms with van der Waals surface area (Å²) in [6.07, 6.45) is 7.54. The summed E-state index contributed by atoms with van der Waals surface area (Å²) in [5.74, 6) is 1.04. The van der Waals surface area contributed by atoms with Gasteiger partial charge in [0, 0.05) is 61.3 Å². The molecular weight excluding hydrogens is 336 g/mol. The Morgan fingerprint density at radius 1 is 0.889 bits per heavy atom. The quantitative estimate of drug-likeness (QED) is 0.590. The Bertz CT molecular complexity index is 1050. The van der Waals surface area contributed by atoms with Crippen LogP contribution in [-0.4, -0.2) is 46.3 Å². The van der Waals surface area contributed by atoms with Gasteiger partial charge in [0.05, 0.1) is 11.7 Å².